The number of aromatic nitrogens is 1. The van der Waals surface area contributed by atoms with Crippen molar-refractivity contribution in [1.29, 1.82) is 0 Å². The Morgan fingerprint density at radius 3 is 2.50 bits per heavy atom. The van der Waals surface area contributed by atoms with Crippen LogP contribution in [0.3, 0.4) is 0 Å². The molecule has 5 heteroatoms. The maximum absolute atomic E-state index is 13.1. The van der Waals surface area contributed by atoms with Crippen LogP contribution in [0.5, 0.6) is 0 Å². The number of hydrogen-bond donors (Lipinski definition) is 0. The molecule has 0 aliphatic carbocycles. The van der Waals surface area contributed by atoms with Gasteiger partial charge in [0.15, 0.2) is 5.76 Å². The Labute approximate surface area is 137 Å². The molecule has 0 spiro atoms. The van der Waals surface area contributed by atoms with Gasteiger partial charge in [0.05, 0.1) is 16.6 Å². The minimum atomic E-state index is -2.37. The van der Waals surface area contributed by atoms with Crippen LogP contribution in [0.1, 0.15) is 44.5 Å². The second-order valence-electron chi connectivity index (χ2n) is 5.99. The van der Waals surface area contributed by atoms with Crippen LogP contribution in [0.15, 0.2) is 16.7 Å². The number of furan rings is 1. The number of nitrogens with zero attached hydrogens (tertiary/aromatic N) is 1. The van der Waals surface area contributed by atoms with E-state index >= 15 is 0 Å². The fourth-order valence-corrected chi connectivity index (χ4v) is 5.81. The molecule has 0 bridgehead atoms. The number of thiazole rings is 1. The molecule has 2 aromatic rings. The Morgan fingerprint density at radius 2 is 1.95 bits per heavy atom. The fraction of sp³-hybridized carbons (Fsp3) is 0.588. The first-order chi connectivity index (χ1) is 10.4. The Balaban J connectivity index is 2.56. The molecular formula is C17H26NO2PS. The lowest BCUT2D eigenvalue weighted by atomic mass is 10.1. The maximum atomic E-state index is 13.1. The van der Waals surface area contributed by atoms with E-state index in [9.17, 15) is 4.57 Å². The predicted molar refractivity (Wildman–Crippen MR) is 96.1 cm³/mol. The van der Waals surface area contributed by atoms with Gasteiger partial charge in [-0.15, -0.1) is 11.3 Å². The molecule has 2 heterocycles. The van der Waals surface area contributed by atoms with Gasteiger partial charge in [0.2, 0.25) is 0 Å². The molecule has 0 N–H and O–H groups in total. The van der Waals surface area contributed by atoms with Crippen molar-refractivity contribution >= 4 is 23.8 Å². The Bertz CT molecular complexity index is 664. The smallest absolute Gasteiger partial charge is 0.164 e. The van der Waals surface area contributed by atoms with E-state index in [1.54, 1.807) is 17.6 Å². The zero-order valence-corrected chi connectivity index (χ0v) is 15.9. The van der Waals surface area contributed by atoms with Crippen molar-refractivity contribution in [1.82, 2.24) is 4.98 Å². The molecule has 0 saturated heterocycles. The quantitative estimate of drug-likeness (QED) is 0.652. The molecule has 2 aromatic heterocycles. The molecule has 3 nitrogen and oxygen atoms in total. The van der Waals surface area contributed by atoms with Gasteiger partial charge in [-0.1, -0.05) is 34.6 Å². The second kappa shape index (κ2) is 7.14. The van der Waals surface area contributed by atoms with Gasteiger partial charge in [-0.05, 0) is 24.8 Å². The molecule has 0 radical (unpaired) electrons. The monoisotopic (exact) mass is 339 g/mol. The van der Waals surface area contributed by atoms with E-state index in [2.05, 4.69) is 20.8 Å². The largest absolute Gasteiger partial charge is 0.462 e. The number of rotatable bonds is 7. The van der Waals surface area contributed by atoms with Crippen molar-refractivity contribution in [3.63, 3.8) is 0 Å². The van der Waals surface area contributed by atoms with E-state index in [4.69, 9.17) is 9.40 Å². The first-order valence-corrected chi connectivity index (χ1v) is 11.0. The fourth-order valence-electron chi connectivity index (χ4n) is 2.60. The molecule has 0 fully saturated rings. The maximum Gasteiger partial charge on any atom is 0.164 e. The molecule has 122 valence electrons. The molecule has 22 heavy (non-hydrogen) atoms. The van der Waals surface area contributed by atoms with Crippen molar-refractivity contribution in [2.24, 2.45) is 5.92 Å². The molecule has 0 unspecified atom stereocenters. The zero-order chi connectivity index (χ0) is 16.3. The lowest BCUT2D eigenvalue weighted by Gasteiger charge is -2.14. The summed E-state index contributed by atoms with van der Waals surface area (Å²) >= 11 is 1.76. The molecule has 0 saturated carbocycles. The van der Waals surface area contributed by atoms with Crippen molar-refractivity contribution < 1.29 is 8.98 Å². The van der Waals surface area contributed by atoms with E-state index in [0.29, 0.717) is 18.2 Å². The average molecular weight is 339 g/mol. The van der Waals surface area contributed by atoms with Crippen LogP contribution in [0.2, 0.25) is 0 Å². The average Bonchev–Trinajstić information content (AvgIpc) is 3.12. The first kappa shape index (κ1) is 17.5. The van der Waals surface area contributed by atoms with E-state index in [1.807, 2.05) is 19.9 Å². The number of hydrogen-bond acceptors (Lipinski definition) is 4. The molecule has 0 aromatic carbocycles. The van der Waals surface area contributed by atoms with Gasteiger partial charge in [-0.25, -0.2) is 4.98 Å². The summed E-state index contributed by atoms with van der Waals surface area (Å²) in [5, 5.41) is 1.99. The summed E-state index contributed by atoms with van der Waals surface area (Å²) in [5.74, 6) is 1.30. The van der Waals surface area contributed by atoms with Gasteiger partial charge < -0.3 is 8.98 Å². The predicted octanol–water partition coefficient (Wildman–Crippen LogP) is 5.19. The summed E-state index contributed by atoms with van der Waals surface area (Å²) < 4.78 is 18.9. The normalized spacial score (nSPS) is 12.3. The molecule has 0 aliphatic heterocycles. The van der Waals surface area contributed by atoms with Gasteiger partial charge >= 0.3 is 0 Å². The van der Waals surface area contributed by atoms with Crippen LogP contribution < -0.4 is 5.30 Å². The number of aryl methyl sites for hydroxylation is 1. The Hall–Kier alpha value is -0.860. The van der Waals surface area contributed by atoms with Gasteiger partial charge in [0.25, 0.3) is 0 Å². The van der Waals surface area contributed by atoms with Crippen molar-refractivity contribution in [2.75, 3.05) is 12.3 Å². The lowest BCUT2D eigenvalue weighted by molar-refractivity contribution is 0.574. The second-order valence-corrected chi connectivity index (χ2v) is 10.7. The van der Waals surface area contributed by atoms with Gasteiger partial charge in [0.1, 0.15) is 12.8 Å². The summed E-state index contributed by atoms with van der Waals surface area (Å²) in [6.45, 7) is 10.5. The Kier molecular flexibility index (Phi) is 5.68. The van der Waals surface area contributed by atoms with Crippen LogP contribution in [0, 0.1) is 5.92 Å². The van der Waals surface area contributed by atoms with Crippen molar-refractivity contribution in [3.8, 4) is 11.5 Å². The minimum absolute atomic E-state index is 0.562. The summed E-state index contributed by atoms with van der Waals surface area (Å²) in [6, 6.07) is 1.88. The Morgan fingerprint density at radius 1 is 1.27 bits per heavy atom. The van der Waals surface area contributed by atoms with Crippen LogP contribution in [0.4, 0.5) is 0 Å². The minimum Gasteiger partial charge on any atom is -0.462 e. The molecule has 2 rings (SSSR count). The highest BCUT2D eigenvalue weighted by atomic mass is 32.1. The molecular weight excluding hydrogens is 313 g/mol. The summed E-state index contributed by atoms with van der Waals surface area (Å²) in [6.07, 6.45) is 4.90. The van der Waals surface area contributed by atoms with E-state index in [1.165, 1.54) is 4.88 Å². The highest BCUT2D eigenvalue weighted by molar-refractivity contribution is 7.71. The third-order valence-corrected chi connectivity index (χ3v) is 8.45. The van der Waals surface area contributed by atoms with Crippen molar-refractivity contribution in [2.45, 2.75) is 47.5 Å². The molecule has 0 aliphatic rings. The highest BCUT2D eigenvalue weighted by Gasteiger charge is 2.29. The SMILES string of the molecule is CCc1nc(-c2occc2P(=O)(CC)CC)c(CC(C)C)s1. The lowest BCUT2D eigenvalue weighted by Crippen LogP contribution is -2.10. The van der Waals surface area contributed by atoms with Crippen molar-refractivity contribution in [3.05, 3.63) is 22.2 Å². The first-order valence-electron chi connectivity index (χ1n) is 8.10. The third kappa shape index (κ3) is 3.38. The molecule has 0 atom stereocenters. The third-order valence-electron chi connectivity index (χ3n) is 3.96. The topological polar surface area (TPSA) is 43.1 Å². The van der Waals surface area contributed by atoms with Crippen LogP contribution in [-0.2, 0) is 17.4 Å². The summed E-state index contributed by atoms with van der Waals surface area (Å²) in [4.78, 5) is 6.02. The van der Waals surface area contributed by atoms with Gasteiger partial charge in [-0.3, -0.25) is 0 Å². The van der Waals surface area contributed by atoms with E-state index in [0.717, 1.165) is 34.6 Å². The molecule has 0 amide bonds. The summed E-state index contributed by atoms with van der Waals surface area (Å²) in [5.41, 5.74) is 0.915. The van der Waals surface area contributed by atoms with Gasteiger partial charge in [-0.2, -0.15) is 0 Å². The zero-order valence-electron chi connectivity index (χ0n) is 14.2. The van der Waals surface area contributed by atoms with E-state index < -0.39 is 7.14 Å². The van der Waals surface area contributed by atoms with Gasteiger partial charge in [0, 0.05) is 17.2 Å². The van der Waals surface area contributed by atoms with Crippen LogP contribution in [-0.4, -0.2) is 17.3 Å². The van der Waals surface area contributed by atoms with E-state index in [-0.39, 0.29) is 0 Å². The van der Waals surface area contributed by atoms with Crippen LogP contribution in [0.25, 0.3) is 11.5 Å². The highest BCUT2D eigenvalue weighted by Crippen LogP contribution is 2.47. The summed E-state index contributed by atoms with van der Waals surface area (Å²) in [7, 11) is -2.37. The van der Waals surface area contributed by atoms with Crippen LogP contribution >= 0.6 is 18.5 Å². The standard InChI is InChI=1S/C17H26NO2PS/c1-6-15-18-16(14(22-15)11-12(4)5)17-13(9-10-20-17)21(19,7-2)8-3/h9-10,12H,6-8,11H2,1-5H3.